The van der Waals surface area contributed by atoms with Gasteiger partial charge >= 0.3 is 0 Å². The van der Waals surface area contributed by atoms with Gasteiger partial charge in [0.1, 0.15) is 11.6 Å². The largest absolute Gasteiger partial charge is 0.508 e. The van der Waals surface area contributed by atoms with Crippen molar-refractivity contribution >= 4 is 16.7 Å². The van der Waals surface area contributed by atoms with Crippen molar-refractivity contribution in [2.75, 3.05) is 46.7 Å². The molecular weight excluding hydrogens is 368 g/mol. The minimum Gasteiger partial charge on any atom is -0.508 e. The standard InChI is InChI=1S/C22H28N4O3/c1-26(2)12-6-5-11-23-22-17-13-19(28-3)20(29-4)14-18(17)24-21(25-22)15-7-9-16(27)10-8-15/h7-10,13-14,27H,5-6,11-12H2,1-4H3,(H,23,24,25). The van der Waals surface area contributed by atoms with E-state index in [-0.39, 0.29) is 5.75 Å². The van der Waals surface area contributed by atoms with Gasteiger partial charge in [-0.25, -0.2) is 9.97 Å². The number of aromatic nitrogens is 2. The van der Waals surface area contributed by atoms with E-state index in [0.29, 0.717) is 17.3 Å². The summed E-state index contributed by atoms with van der Waals surface area (Å²) >= 11 is 0. The molecule has 0 saturated heterocycles. The molecule has 0 spiro atoms. The average molecular weight is 396 g/mol. The summed E-state index contributed by atoms with van der Waals surface area (Å²) in [6.07, 6.45) is 2.14. The first-order chi connectivity index (χ1) is 14.0. The number of anilines is 1. The number of aromatic hydroxyl groups is 1. The zero-order valence-electron chi connectivity index (χ0n) is 17.4. The van der Waals surface area contributed by atoms with Gasteiger partial charge in [0, 0.05) is 23.6 Å². The highest BCUT2D eigenvalue weighted by molar-refractivity contribution is 5.93. The first-order valence-corrected chi connectivity index (χ1v) is 9.63. The van der Waals surface area contributed by atoms with E-state index in [1.165, 1.54) is 0 Å². The van der Waals surface area contributed by atoms with Crippen LogP contribution < -0.4 is 14.8 Å². The van der Waals surface area contributed by atoms with Crippen LogP contribution in [0.1, 0.15) is 12.8 Å². The van der Waals surface area contributed by atoms with Gasteiger partial charge in [-0.3, -0.25) is 0 Å². The lowest BCUT2D eigenvalue weighted by Crippen LogP contribution is -2.14. The number of rotatable bonds is 9. The molecule has 0 amide bonds. The van der Waals surface area contributed by atoms with Gasteiger partial charge < -0.3 is 24.8 Å². The number of hydrogen-bond acceptors (Lipinski definition) is 7. The SMILES string of the molecule is COc1cc2nc(-c3ccc(O)cc3)nc(NCCCCN(C)C)c2cc1OC. The Morgan fingerprint density at radius 1 is 0.966 bits per heavy atom. The van der Waals surface area contributed by atoms with Crippen LogP contribution in [0, 0.1) is 0 Å². The van der Waals surface area contributed by atoms with Gasteiger partial charge in [0.05, 0.1) is 19.7 Å². The number of nitrogens with one attached hydrogen (secondary N) is 1. The highest BCUT2D eigenvalue weighted by Crippen LogP contribution is 2.35. The van der Waals surface area contributed by atoms with Crippen molar-refractivity contribution in [2.24, 2.45) is 0 Å². The first kappa shape index (κ1) is 20.7. The molecule has 0 bridgehead atoms. The number of ether oxygens (including phenoxy) is 2. The molecule has 0 aliphatic heterocycles. The van der Waals surface area contributed by atoms with Gasteiger partial charge in [0.15, 0.2) is 17.3 Å². The van der Waals surface area contributed by atoms with E-state index in [1.807, 2.05) is 12.1 Å². The van der Waals surface area contributed by atoms with Gasteiger partial charge in [-0.05, 0) is 63.8 Å². The molecular formula is C22H28N4O3. The Labute approximate surface area is 171 Å². The topological polar surface area (TPSA) is 79.7 Å². The molecule has 154 valence electrons. The molecule has 2 aromatic carbocycles. The fourth-order valence-electron chi connectivity index (χ4n) is 3.09. The summed E-state index contributed by atoms with van der Waals surface area (Å²) in [5.74, 6) is 2.80. The van der Waals surface area contributed by atoms with Gasteiger partial charge in [0.2, 0.25) is 0 Å². The molecule has 3 aromatic rings. The second-order valence-corrected chi connectivity index (χ2v) is 7.10. The van der Waals surface area contributed by atoms with Crippen LogP contribution >= 0.6 is 0 Å². The van der Waals surface area contributed by atoms with E-state index < -0.39 is 0 Å². The second kappa shape index (κ2) is 9.43. The molecule has 0 unspecified atom stereocenters. The highest BCUT2D eigenvalue weighted by atomic mass is 16.5. The van der Waals surface area contributed by atoms with Crippen LogP contribution in [0.4, 0.5) is 5.82 Å². The number of fused-ring (bicyclic) bond motifs is 1. The Hall–Kier alpha value is -3.06. The van der Waals surface area contributed by atoms with Crippen molar-refractivity contribution < 1.29 is 14.6 Å². The summed E-state index contributed by atoms with van der Waals surface area (Å²) in [6.45, 7) is 1.86. The van der Waals surface area contributed by atoms with Crippen molar-refractivity contribution in [3.05, 3.63) is 36.4 Å². The summed E-state index contributed by atoms with van der Waals surface area (Å²) in [5, 5.41) is 13.9. The minimum atomic E-state index is 0.209. The molecule has 7 heteroatoms. The average Bonchev–Trinajstić information content (AvgIpc) is 2.72. The normalized spacial score (nSPS) is 11.1. The molecule has 1 heterocycles. The third-order valence-corrected chi connectivity index (χ3v) is 4.65. The predicted molar refractivity (Wildman–Crippen MR) is 116 cm³/mol. The fourth-order valence-corrected chi connectivity index (χ4v) is 3.09. The van der Waals surface area contributed by atoms with Crippen LogP contribution in [0.5, 0.6) is 17.2 Å². The molecule has 0 atom stereocenters. The van der Waals surface area contributed by atoms with Gasteiger partial charge in [-0.2, -0.15) is 0 Å². The lowest BCUT2D eigenvalue weighted by Gasteiger charge is -2.14. The number of unbranched alkanes of at least 4 members (excludes halogenated alkanes) is 1. The van der Waals surface area contributed by atoms with E-state index in [4.69, 9.17) is 19.4 Å². The van der Waals surface area contributed by atoms with Crippen molar-refractivity contribution in [3.63, 3.8) is 0 Å². The van der Waals surface area contributed by atoms with Crippen LogP contribution in [-0.4, -0.2) is 61.4 Å². The number of hydrogen-bond donors (Lipinski definition) is 2. The monoisotopic (exact) mass is 396 g/mol. The van der Waals surface area contributed by atoms with E-state index >= 15 is 0 Å². The Morgan fingerprint density at radius 3 is 2.31 bits per heavy atom. The zero-order chi connectivity index (χ0) is 20.8. The van der Waals surface area contributed by atoms with E-state index in [9.17, 15) is 5.11 Å². The van der Waals surface area contributed by atoms with Crippen molar-refractivity contribution in [2.45, 2.75) is 12.8 Å². The van der Waals surface area contributed by atoms with Crippen LogP contribution in [0.15, 0.2) is 36.4 Å². The van der Waals surface area contributed by atoms with Gasteiger partial charge in [0.25, 0.3) is 0 Å². The summed E-state index contributed by atoms with van der Waals surface area (Å²) in [4.78, 5) is 11.6. The maximum Gasteiger partial charge on any atom is 0.162 e. The third-order valence-electron chi connectivity index (χ3n) is 4.65. The molecule has 0 fully saturated rings. The highest BCUT2D eigenvalue weighted by Gasteiger charge is 2.14. The Kier molecular flexibility index (Phi) is 6.72. The molecule has 0 aliphatic rings. The van der Waals surface area contributed by atoms with Crippen molar-refractivity contribution in [1.82, 2.24) is 14.9 Å². The summed E-state index contributed by atoms with van der Waals surface area (Å²) in [7, 11) is 7.38. The van der Waals surface area contributed by atoms with Crippen molar-refractivity contribution in [1.29, 1.82) is 0 Å². The third kappa shape index (κ3) is 5.06. The first-order valence-electron chi connectivity index (χ1n) is 9.63. The van der Waals surface area contributed by atoms with Crippen LogP contribution in [0.25, 0.3) is 22.3 Å². The summed E-state index contributed by atoms with van der Waals surface area (Å²) < 4.78 is 10.9. The molecule has 29 heavy (non-hydrogen) atoms. The maximum atomic E-state index is 9.57. The molecule has 2 N–H and O–H groups in total. The lowest BCUT2D eigenvalue weighted by molar-refractivity contribution is 0.356. The zero-order valence-corrected chi connectivity index (χ0v) is 17.4. The van der Waals surface area contributed by atoms with Crippen LogP contribution in [0.3, 0.4) is 0 Å². The Balaban J connectivity index is 1.98. The van der Waals surface area contributed by atoms with Crippen molar-refractivity contribution in [3.8, 4) is 28.6 Å². The number of nitrogens with zero attached hydrogens (tertiary/aromatic N) is 3. The predicted octanol–water partition coefficient (Wildman–Crippen LogP) is 3.77. The van der Waals surface area contributed by atoms with Gasteiger partial charge in [-0.1, -0.05) is 0 Å². The van der Waals surface area contributed by atoms with E-state index in [2.05, 4.69) is 24.3 Å². The lowest BCUT2D eigenvalue weighted by atomic mass is 10.1. The minimum absolute atomic E-state index is 0.209. The van der Waals surface area contributed by atoms with E-state index in [1.54, 1.807) is 38.5 Å². The second-order valence-electron chi connectivity index (χ2n) is 7.10. The molecule has 0 radical (unpaired) electrons. The van der Waals surface area contributed by atoms with Gasteiger partial charge in [-0.15, -0.1) is 0 Å². The molecule has 0 aliphatic carbocycles. The number of phenols is 1. The molecule has 7 nitrogen and oxygen atoms in total. The Bertz CT molecular complexity index is 958. The Morgan fingerprint density at radius 2 is 1.66 bits per heavy atom. The fraction of sp³-hybridized carbons (Fsp3) is 0.364. The quantitative estimate of drug-likeness (QED) is 0.533. The number of phenolic OH excluding ortho intramolecular Hbond substituents is 1. The summed E-state index contributed by atoms with van der Waals surface area (Å²) in [6, 6.07) is 10.6. The van der Waals surface area contributed by atoms with Crippen LogP contribution in [-0.2, 0) is 0 Å². The van der Waals surface area contributed by atoms with E-state index in [0.717, 1.165) is 48.2 Å². The molecule has 1 aromatic heterocycles. The number of benzene rings is 2. The maximum absolute atomic E-state index is 9.57. The summed E-state index contributed by atoms with van der Waals surface area (Å²) in [5.41, 5.74) is 1.59. The number of methoxy groups -OCH3 is 2. The molecule has 3 rings (SSSR count). The molecule has 0 saturated carbocycles. The van der Waals surface area contributed by atoms with Crippen LogP contribution in [0.2, 0.25) is 0 Å². The smallest absolute Gasteiger partial charge is 0.162 e.